The van der Waals surface area contributed by atoms with Gasteiger partial charge in [-0.05, 0) is 13.0 Å². The number of carbonyl (C=O) groups excluding carboxylic acids is 1. The summed E-state index contributed by atoms with van der Waals surface area (Å²) >= 11 is 0. The highest BCUT2D eigenvalue weighted by atomic mass is 19.4. The first-order valence-corrected chi connectivity index (χ1v) is 4.58. The summed E-state index contributed by atoms with van der Waals surface area (Å²) in [5.41, 5.74) is -0.411. The molecule has 8 heteroatoms. The van der Waals surface area contributed by atoms with Crippen LogP contribution in [0.2, 0.25) is 0 Å². The second-order valence-electron chi connectivity index (χ2n) is 3.30. The Bertz CT molecular complexity index is 481. The summed E-state index contributed by atoms with van der Waals surface area (Å²) in [5.74, 6) is 3.94. The third-order valence-electron chi connectivity index (χ3n) is 2.19. The Kier molecular flexibility index (Phi) is 3.56. The molecule has 0 spiro atoms. The van der Waals surface area contributed by atoms with Crippen molar-refractivity contribution in [3.8, 4) is 0 Å². The molecule has 94 valence electrons. The number of nitrogens with one attached hydrogen (secondary N) is 1. The van der Waals surface area contributed by atoms with Crippen LogP contribution in [0.3, 0.4) is 0 Å². The van der Waals surface area contributed by atoms with Crippen molar-refractivity contribution in [2.45, 2.75) is 19.1 Å². The number of aromatic nitrogens is 1. The predicted molar refractivity (Wildman–Crippen MR) is 52.7 cm³/mol. The highest BCUT2D eigenvalue weighted by molar-refractivity contribution is 5.79. The summed E-state index contributed by atoms with van der Waals surface area (Å²) in [6.45, 7) is 1.15. The van der Waals surface area contributed by atoms with E-state index in [-0.39, 0.29) is 0 Å². The first kappa shape index (κ1) is 13.2. The van der Waals surface area contributed by atoms with Crippen molar-refractivity contribution in [1.29, 1.82) is 0 Å². The zero-order valence-corrected chi connectivity index (χ0v) is 8.78. The summed E-state index contributed by atoms with van der Waals surface area (Å²) in [5, 5.41) is 0. The van der Waals surface area contributed by atoms with Crippen molar-refractivity contribution >= 4 is 5.91 Å². The topological polar surface area (TPSA) is 77.1 Å². The fraction of sp³-hybridized carbons (Fsp3) is 0.333. The van der Waals surface area contributed by atoms with Crippen molar-refractivity contribution in [1.82, 2.24) is 9.99 Å². The molecule has 0 saturated heterocycles. The van der Waals surface area contributed by atoms with Crippen LogP contribution in [0.4, 0.5) is 13.2 Å². The molecular formula is C9H10F3N3O2. The Morgan fingerprint density at radius 1 is 1.47 bits per heavy atom. The van der Waals surface area contributed by atoms with Gasteiger partial charge in [0.25, 0.3) is 11.5 Å². The van der Waals surface area contributed by atoms with E-state index < -0.39 is 29.4 Å². The zero-order chi connectivity index (χ0) is 13.2. The molecule has 1 heterocycles. The Labute approximate surface area is 94.0 Å². The largest absolute Gasteiger partial charge is 0.431 e. The number of hydrazine groups is 1. The number of nitrogens with zero attached hydrogens (tertiary/aromatic N) is 1. The SMILES string of the molecule is CC(C(=O)NN)n1c(C(F)(F)F)cccc1=O. The van der Waals surface area contributed by atoms with Crippen LogP contribution in [0.15, 0.2) is 23.0 Å². The van der Waals surface area contributed by atoms with Gasteiger partial charge >= 0.3 is 6.18 Å². The molecule has 0 saturated carbocycles. The second-order valence-corrected chi connectivity index (χ2v) is 3.30. The predicted octanol–water partition coefficient (Wildman–Crippen LogP) is 0.418. The van der Waals surface area contributed by atoms with Crippen LogP contribution < -0.4 is 16.8 Å². The standard InChI is InChI=1S/C9H10F3N3O2/c1-5(8(17)14-13)15-6(9(10,11)12)3-2-4-7(15)16/h2-5H,13H2,1H3,(H,14,17). The first-order chi connectivity index (χ1) is 7.79. The monoisotopic (exact) mass is 249 g/mol. The number of carbonyl (C=O) groups is 1. The van der Waals surface area contributed by atoms with Crippen molar-refractivity contribution in [2.75, 3.05) is 0 Å². The van der Waals surface area contributed by atoms with Crippen LogP contribution in [0.25, 0.3) is 0 Å². The number of halogens is 3. The van der Waals surface area contributed by atoms with E-state index in [0.717, 1.165) is 25.1 Å². The Balaban J connectivity index is 3.41. The maximum absolute atomic E-state index is 12.6. The smallest absolute Gasteiger partial charge is 0.292 e. The maximum atomic E-state index is 12.6. The number of nitrogens with two attached hydrogens (primary N) is 1. The minimum absolute atomic E-state index is 0.349. The first-order valence-electron chi connectivity index (χ1n) is 4.58. The molecule has 0 bridgehead atoms. The minimum Gasteiger partial charge on any atom is -0.292 e. The fourth-order valence-corrected chi connectivity index (χ4v) is 1.37. The van der Waals surface area contributed by atoms with Gasteiger partial charge in [0.15, 0.2) is 0 Å². The molecule has 1 atom stereocenters. The molecule has 0 aliphatic heterocycles. The lowest BCUT2D eigenvalue weighted by atomic mass is 10.2. The van der Waals surface area contributed by atoms with E-state index in [1.807, 2.05) is 0 Å². The van der Waals surface area contributed by atoms with Crippen LogP contribution in [-0.4, -0.2) is 10.5 Å². The molecular weight excluding hydrogens is 239 g/mol. The van der Waals surface area contributed by atoms with Crippen molar-refractivity contribution < 1.29 is 18.0 Å². The lowest BCUT2D eigenvalue weighted by Gasteiger charge is -2.19. The molecule has 1 rings (SSSR count). The molecule has 0 radical (unpaired) electrons. The molecule has 0 fully saturated rings. The van der Waals surface area contributed by atoms with Gasteiger partial charge in [-0.1, -0.05) is 6.07 Å². The molecule has 1 amide bonds. The molecule has 0 aliphatic rings. The second kappa shape index (κ2) is 4.58. The van der Waals surface area contributed by atoms with E-state index in [9.17, 15) is 22.8 Å². The van der Waals surface area contributed by atoms with Crippen LogP contribution in [0.1, 0.15) is 18.7 Å². The summed E-state index contributed by atoms with van der Waals surface area (Å²) in [6.07, 6.45) is -4.72. The lowest BCUT2D eigenvalue weighted by molar-refractivity contribution is -0.145. The van der Waals surface area contributed by atoms with E-state index in [4.69, 9.17) is 5.84 Å². The Morgan fingerprint density at radius 3 is 2.53 bits per heavy atom. The number of hydrogen-bond donors (Lipinski definition) is 2. The van der Waals surface area contributed by atoms with Gasteiger partial charge in [0.1, 0.15) is 11.7 Å². The summed E-state index contributed by atoms with van der Waals surface area (Å²) < 4.78 is 38.2. The fourth-order valence-electron chi connectivity index (χ4n) is 1.37. The van der Waals surface area contributed by atoms with Crippen LogP contribution in [0, 0.1) is 0 Å². The molecule has 0 aromatic carbocycles. The lowest BCUT2D eigenvalue weighted by Crippen LogP contribution is -2.41. The van der Waals surface area contributed by atoms with Gasteiger partial charge in [-0.15, -0.1) is 0 Å². The maximum Gasteiger partial charge on any atom is 0.431 e. The minimum atomic E-state index is -4.72. The molecule has 3 N–H and O–H groups in total. The Hall–Kier alpha value is -1.83. The van der Waals surface area contributed by atoms with Gasteiger partial charge in [-0.2, -0.15) is 13.2 Å². The molecule has 1 aromatic heterocycles. The number of amides is 1. The molecule has 1 unspecified atom stereocenters. The number of alkyl halides is 3. The summed E-state index contributed by atoms with van der Waals surface area (Å²) in [7, 11) is 0. The van der Waals surface area contributed by atoms with E-state index in [1.165, 1.54) is 0 Å². The van der Waals surface area contributed by atoms with Gasteiger partial charge < -0.3 is 0 Å². The van der Waals surface area contributed by atoms with E-state index >= 15 is 0 Å². The number of pyridine rings is 1. The van der Waals surface area contributed by atoms with Crippen LogP contribution in [-0.2, 0) is 11.0 Å². The number of rotatable bonds is 2. The quantitative estimate of drug-likeness (QED) is 0.453. The zero-order valence-electron chi connectivity index (χ0n) is 8.78. The van der Waals surface area contributed by atoms with E-state index in [1.54, 1.807) is 5.43 Å². The van der Waals surface area contributed by atoms with Gasteiger partial charge in [-0.3, -0.25) is 19.6 Å². The van der Waals surface area contributed by atoms with Crippen molar-refractivity contribution in [3.05, 3.63) is 34.2 Å². The average Bonchev–Trinajstić information content (AvgIpc) is 2.25. The van der Waals surface area contributed by atoms with Crippen molar-refractivity contribution in [2.24, 2.45) is 5.84 Å². The molecule has 1 aromatic rings. The van der Waals surface area contributed by atoms with E-state index in [0.29, 0.717) is 4.57 Å². The van der Waals surface area contributed by atoms with Crippen LogP contribution >= 0.6 is 0 Å². The number of hydrogen-bond acceptors (Lipinski definition) is 3. The average molecular weight is 249 g/mol. The highest BCUT2D eigenvalue weighted by Gasteiger charge is 2.36. The van der Waals surface area contributed by atoms with Crippen molar-refractivity contribution in [3.63, 3.8) is 0 Å². The molecule has 0 aliphatic carbocycles. The third-order valence-corrected chi connectivity index (χ3v) is 2.19. The normalized spacial score (nSPS) is 13.2. The van der Waals surface area contributed by atoms with Gasteiger partial charge in [0, 0.05) is 6.07 Å². The summed E-state index contributed by atoms with van der Waals surface area (Å²) in [4.78, 5) is 22.6. The van der Waals surface area contributed by atoms with Gasteiger partial charge in [0.2, 0.25) is 0 Å². The van der Waals surface area contributed by atoms with E-state index in [2.05, 4.69) is 0 Å². The van der Waals surface area contributed by atoms with Crippen LogP contribution in [0.5, 0.6) is 0 Å². The third kappa shape index (κ3) is 2.64. The summed E-state index contributed by atoms with van der Waals surface area (Å²) in [6, 6.07) is 1.30. The molecule has 17 heavy (non-hydrogen) atoms. The molecule has 5 nitrogen and oxygen atoms in total. The Morgan fingerprint density at radius 2 is 2.06 bits per heavy atom. The highest BCUT2D eigenvalue weighted by Crippen LogP contribution is 2.29. The van der Waals surface area contributed by atoms with Gasteiger partial charge in [-0.25, -0.2) is 5.84 Å². The van der Waals surface area contributed by atoms with Gasteiger partial charge in [0.05, 0.1) is 0 Å².